The Morgan fingerprint density at radius 3 is 2.62 bits per heavy atom. The van der Waals surface area contributed by atoms with Crippen molar-refractivity contribution >= 4 is 11.6 Å². The molecule has 1 aliphatic rings. The highest BCUT2D eigenvalue weighted by Crippen LogP contribution is 2.35. The molecule has 2 N–H and O–H groups in total. The maximum Gasteiger partial charge on any atom is 0.416 e. The summed E-state index contributed by atoms with van der Waals surface area (Å²) in [7, 11) is 0. The van der Waals surface area contributed by atoms with Gasteiger partial charge in [0.15, 0.2) is 5.96 Å². The molecule has 1 fully saturated rings. The van der Waals surface area contributed by atoms with Crippen molar-refractivity contribution in [2.24, 2.45) is 4.99 Å². The molecule has 0 unspecified atom stereocenters. The Kier molecular flexibility index (Phi) is 9.53. The molecule has 0 atom stereocenters. The van der Waals surface area contributed by atoms with Crippen molar-refractivity contribution in [2.75, 3.05) is 57.5 Å². The molecule has 1 heterocycles. The SMILES string of the molecule is CCNC(=NCc1ccc(N2CCOCC2)cc1C(F)(F)F)NCCCOCC. The lowest BCUT2D eigenvalue weighted by Crippen LogP contribution is -2.38. The summed E-state index contributed by atoms with van der Waals surface area (Å²) in [5.41, 5.74) is 0.0766. The van der Waals surface area contributed by atoms with Gasteiger partial charge in [0, 0.05) is 45.1 Å². The fourth-order valence-electron chi connectivity index (χ4n) is 3.02. The molecule has 1 aromatic rings. The van der Waals surface area contributed by atoms with Crippen molar-refractivity contribution in [2.45, 2.75) is 33.0 Å². The topological polar surface area (TPSA) is 58.1 Å². The lowest BCUT2D eigenvalue weighted by Gasteiger charge is -2.29. The second-order valence-electron chi connectivity index (χ2n) is 6.61. The Labute approximate surface area is 170 Å². The van der Waals surface area contributed by atoms with Crippen molar-refractivity contribution in [1.29, 1.82) is 0 Å². The van der Waals surface area contributed by atoms with Crippen LogP contribution in [-0.2, 0) is 22.2 Å². The summed E-state index contributed by atoms with van der Waals surface area (Å²) in [4.78, 5) is 6.25. The first-order valence-electron chi connectivity index (χ1n) is 10.1. The zero-order valence-corrected chi connectivity index (χ0v) is 17.1. The predicted octanol–water partition coefficient (Wildman–Crippen LogP) is 3.02. The fraction of sp³-hybridized carbons (Fsp3) is 0.650. The van der Waals surface area contributed by atoms with Crippen LogP contribution in [0.15, 0.2) is 23.2 Å². The monoisotopic (exact) mass is 416 g/mol. The van der Waals surface area contributed by atoms with Gasteiger partial charge in [0.2, 0.25) is 0 Å². The number of aliphatic imine (C=N–C) groups is 1. The number of hydrogen-bond acceptors (Lipinski definition) is 4. The molecule has 1 aromatic carbocycles. The Bertz CT molecular complexity index is 647. The predicted molar refractivity (Wildman–Crippen MR) is 108 cm³/mol. The van der Waals surface area contributed by atoms with Crippen molar-refractivity contribution in [3.05, 3.63) is 29.3 Å². The molecular weight excluding hydrogens is 385 g/mol. The van der Waals surface area contributed by atoms with Crippen molar-refractivity contribution in [3.63, 3.8) is 0 Å². The molecule has 29 heavy (non-hydrogen) atoms. The maximum atomic E-state index is 13.7. The van der Waals surface area contributed by atoms with Gasteiger partial charge in [-0.05, 0) is 38.0 Å². The molecule has 0 amide bonds. The first kappa shape index (κ1) is 23.3. The molecule has 0 aliphatic carbocycles. The third kappa shape index (κ3) is 7.74. The number of anilines is 1. The van der Waals surface area contributed by atoms with Crippen LogP contribution in [0, 0.1) is 0 Å². The third-order valence-electron chi connectivity index (χ3n) is 4.49. The van der Waals surface area contributed by atoms with Crippen LogP contribution in [-0.4, -0.2) is 58.6 Å². The molecule has 0 bridgehead atoms. The average molecular weight is 416 g/mol. The van der Waals surface area contributed by atoms with Crippen LogP contribution in [0.4, 0.5) is 18.9 Å². The van der Waals surface area contributed by atoms with Gasteiger partial charge in [-0.3, -0.25) is 0 Å². The molecule has 1 saturated heterocycles. The summed E-state index contributed by atoms with van der Waals surface area (Å²) in [6, 6.07) is 4.47. The number of nitrogens with zero attached hydrogens (tertiary/aromatic N) is 2. The Morgan fingerprint density at radius 2 is 1.97 bits per heavy atom. The van der Waals surface area contributed by atoms with E-state index in [0.717, 1.165) is 6.42 Å². The Balaban J connectivity index is 2.10. The van der Waals surface area contributed by atoms with Crippen LogP contribution >= 0.6 is 0 Å². The van der Waals surface area contributed by atoms with E-state index in [1.54, 1.807) is 6.07 Å². The van der Waals surface area contributed by atoms with Crippen molar-refractivity contribution < 1.29 is 22.6 Å². The minimum absolute atomic E-state index is 0.0565. The van der Waals surface area contributed by atoms with Gasteiger partial charge in [0.25, 0.3) is 0 Å². The number of morpholine rings is 1. The molecule has 0 spiro atoms. The maximum absolute atomic E-state index is 13.7. The number of ether oxygens (including phenoxy) is 2. The summed E-state index contributed by atoms with van der Waals surface area (Å²) in [5, 5.41) is 6.19. The molecule has 6 nitrogen and oxygen atoms in total. The molecule has 0 aromatic heterocycles. The normalized spacial score (nSPS) is 15.5. The number of alkyl halides is 3. The number of hydrogen-bond donors (Lipinski definition) is 2. The molecule has 2 rings (SSSR count). The highest BCUT2D eigenvalue weighted by molar-refractivity contribution is 5.79. The van der Waals surface area contributed by atoms with Crippen molar-refractivity contribution in [3.8, 4) is 0 Å². The number of guanidine groups is 1. The molecule has 0 saturated carbocycles. The van der Waals surface area contributed by atoms with E-state index < -0.39 is 11.7 Å². The van der Waals surface area contributed by atoms with Crippen LogP contribution in [0.1, 0.15) is 31.4 Å². The van der Waals surface area contributed by atoms with E-state index in [1.165, 1.54) is 12.1 Å². The summed E-state index contributed by atoms with van der Waals surface area (Å²) >= 11 is 0. The summed E-state index contributed by atoms with van der Waals surface area (Å²) < 4.78 is 51.5. The van der Waals surface area contributed by atoms with Gasteiger partial charge in [0.05, 0.1) is 25.3 Å². The standard InChI is InChI=1S/C20H31F3N4O2/c1-3-24-19(25-8-5-11-28-4-2)26-15-16-6-7-17(14-18(16)20(21,22)23)27-9-12-29-13-10-27/h6-7,14H,3-5,8-13,15H2,1-2H3,(H2,24,25,26). The van der Waals surface area contributed by atoms with E-state index in [4.69, 9.17) is 9.47 Å². The zero-order valence-electron chi connectivity index (χ0n) is 17.1. The minimum atomic E-state index is -4.43. The minimum Gasteiger partial charge on any atom is -0.382 e. The second-order valence-corrected chi connectivity index (χ2v) is 6.61. The first-order chi connectivity index (χ1) is 14.0. The Morgan fingerprint density at radius 1 is 1.21 bits per heavy atom. The lowest BCUT2D eigenvalue weighted by molar-refractivity contribution is -0.138. The summed E-state index contributed by atoms with van der Waals surface area (Å²) in [6.45, 7) is 8.56. The number of benzene rings is 1. The van der Waals surface area contributed by atoms with E-state index >= 15 is 0 Å². The number of halogens is 3. The molecule has 0 radical (unpaired) electrons. The second kappa shape index (κ2) is 11.9. The quantitative estimate of drug-likeness (QED) is 0.368. The van der Waals surface area contributed by atoms with Gasteiger partial charge in [-0.1, -0.05) is 6.07 Å². The number of nitrogens with one attached hydrogen (secondary N) is 2. The van der Waals surface area contributed by atoms with E-state index in [2.05, 4.69) is 15.6 Å². The zero-order chi connectivity index (χ0) is 21.1. The van der Waals surface area contributed by atoms with Crippen LogP contribution in [0.3, 0.4) is 0 Å². The van der Waals surface area contributed by atoms with Gasteiger partial charge in [0.1, 0.15) is 0 Å². The van der Waals surface area contributed by atoms with Crippen LogP contribution in [0.2, 0.25) is 0 Å². The third-order valence-corrected chi connectivity index (χ3v) is 4.49. The largest absolute Gasteiger partial charge is 0.416 e. The smallest absolute Gasteiger partial charge is 0.382 e. The summed E-state index contributed by atoms with van der Waals surface area (Å²) in [5.74, 6) is 0.495. The van der Waals surface area contributed by atoms with E-state index in [1.807, 2.05) is 18.7 Å². The van der Waals surface area contributed by atoms with Crippen LogP contribution < -0.4 is 15.5 Å². The van der Waals surface area contributed by atoms with E-state index in [9.17, 15) is 13.2 Å². The van der Waals surface area contributed by atoms with E-state index in [0.29, 0.717) is 64.3 Å². The molecular formula is C20H31F3N4O2. The van der Waals surface area contributed by atoms with Gasteiger partial charge in [-0.15, -0.1) is 0 Å². The lowest BCUT2D eigenvalue weighted by atomic mass is 10.1. The van der Waals surface area contributed by atoms with E-state index in [-0.39, 0.29) is 12.1 Å². The van der Waals surface area contributed by atoms with Crippen LogP contribution in [0.5, 0.6) is 0 Å². The molecule has 9 heteroatoms. The molecule has 164 valence electrons. The summed E-state index contributed by atoms with van der Waals surface area (Å²) in [6.07, 6.45) is -3.64. The van der Waals surface area contributed by atoms with Gasteiger partial charge in [-0.2, -0.15) is 13.2 Å². The van der Waals surface area contributed by atoms with Gasteiger partial charge < -0.3 is 25.0 Å². The average Bonchev–Trinajstić information content (AvgIpc) is 2.71. The van der Waals surface area contributed by atoms with Gasteiger partial charge in [-0.25, -0.2) is 4.99 Å². The fourth-order valence-corrected chi connectivity index (χ4v) is 3.02. The van der Waals surface area contributed by atoms with Gasteiger partial charge >= 0.3 is 6.18 Å². The van der Waals surface area contributed by atoms with Crippen molar-refractivity contribution in [1.82, 2.24) is 10.6 Å². The first-order valence-corrected chi connectivity index (χ1v) is 10.1. The highest BCUT2D eigenvalue weighted by Gasteiger charge is 2.34. The number of rotatable bonds is 9. The Hall–Kier alpha value is -2.00. The van der Waals surface area contributed by atoms with Crippen LogP contribution in [0.25, 0.3) is 0 Å². The highest BCUT2D eigenvalue weighted by atomic mass is 19.4. The molecule has 1 aliphatic heterocycles.